The first-order valence-electron chi connectivity index (χ1n) is 7.96. The predicted octanol–water partition coefficient (Wildman–Crippen LogP) is 2.91. The van der Waals surface area contributed by atoms with Gasteiger partial charge in [0.25, 0.3) is 0 Å². The molecule has 2 atom stereocenters. The number of aliphatic hydroxyl groups is 2. The van der Waals surface area contributed by atoms with Crippen LogP contribution in [0.1, 0.15) is 56.8 Å². The Morgan fingerprint density at radius 1 is 1.05 bits per heavy atom. The summed E-state index contributed by atoms with van der Waals surface area (Å²) in [6.45, 7) is 6.06. The zero-order chi connectivity index (χ0) is 16.5. The van der Waals surface area contributed by atoms with E-state index in [0.717, 1.165) is 12.8 Å². The topological polar surface area (TPSA) is 70.0 Å². The highest BCUT2D eigenvalue weighted by molar-refractivity contribution is 5.89. The molecule has 0 aliphatic rings. The number of anilines is 1. The van der Waals surface area contributed by atoms with E-state index >= 15 is 0 Å². The molecule has 2 unspecified atom stereocenters. The molecule has 0 radical (unpaired) electrons. The highest BCUT2D eigenvalue weighted by atomic mass is 16.5. The Balaban J connectivity index is 2.96. The van der Waals surface area contributed by atoms with Gasteiger partial charge < -0.3 is 19.8 Å². The molecule has 0 saturated heterocycles. The van der Waals surface area contributed by atoms with Crippen molar-refractivity contribution in [3.8, 4) is 0 Å². The third-order valence-electron chi connectivity index (χ3n) is 3.41. The maximum Gasteiger partial charge on any atom is 0.338 e. The fourth-order valence-corrected chi connectivity index (χ4v) is 2.32. The monoisotopic (exact) mass is 309 g/mol. The van der Waals surface area contributed by atoms with Crippen molar-refractivity contribution >= 4 is 11.7 Å². The van der Waals surface area contributed by atoms with Crippen LogP contribution in [0, 0.1) is 0 Å². The van der Waals surface area contributed by atoms with E-state index in [1.54, 1.807) is 36.1 Å². The predicted molar refractivity (Wildman–Crippen MR) is 86.7 cm³/mol. The van der Waals surface area contributed by atoms with Crippen LogP contribution < -0.4 is 4.90 Å². The lowest BCUT2D eigenvalue weighted by molar-refractivity contribution is 0.0526. The largest absolute Gasteiger partial charge is 0.462 e. The van der Waals surface area contributed by atoms with Crippen LogP contribution in [0.25, 0.3) is 0 Å². The van der Waals surface area contributed by atoms with Gasteiger partial charge in [0.1, 0.15) is 12.5 Å². The molecule has 124 valence electrons. The normalized spacial score (nSPS) is 13.5. The smallest absolute Gasteiger partial charge is 0.338 e. The molecule has 0 amide bonds. The van der Waals surface area contributed by atoms with E-state index in [1.165, 1.54) is 0 Å². The molecule has 0 fully saturated rings. The maximum atomic E-state index is 11.7. The third kappa shape index (κ3) is 5.00. The molecule has 0 heterocycles. The molecule has 1 aromatic rings. The number of hydrogen-bond donors (Lipinski definition) is 2. The summed E-state index contributed by atoms with van der Waals surface area (Å²) in [5.74, 6) is -0.371. The van der Waals surface area contributed by atoms with E-state index in [0.29, 0.717) is 30.7 Å². The van der Waals surface area contributed by atoms with Gasteiger partial charge in [-0.05, 0) is 44.0 Å². The summed E-state index contributed by atoms with van der Waals surface area (Å²) in [5.41, 5.74) is 1.15. The van der Waals surface area contributed by atoms with Gasteiger partial charge >= 0.3 is 5.97 Å². The summed E-state index contributed by atoms with van der Waals surface area (Å²) in [7, 11) is 0. The van der Waals surface area contributed by atoms with Crippen molar-refractivity contribution in [2.24, 2.45) is 0 Å². The molecule has 1 rings (SSSR count). The van der Waals surface area contributed by atoms with Crippen LogP contribution in [-0.4, -0.2) is 35.2 Å². The molecule has 0 aromatic heterocycles. The standard InChI is InChI=1S/C17H27NO4/c1-4-7-15(19)18(16(20)8-5-2)14-11-9-13(10-12-14)17(21)22-6-3/h9-12,15-16,19-20H,4-8H2,1-3H3. The lowest BCUT2D eigenvalue weighted by Gasteiger charge is -2.34. The van der Waals surface area contributed by atoms with Crippen LogP contribution in [0.2, 0.25) is 0 Å². The Morgan fingerprint density at radius 3 is 1.95 bits per heavy atom. The molecule has 2 N–H and O–H groups in total. The van der Waals surface area contributed by atoms with Crippen molar-refractivity contribution in [3.05, 3.63) is 29.8 Å². The van der Waals surface area contributed by atoms with E-state index in [9.17, 15) is 15.0 Å². The SMILES string of the molecule is CCCC(O)N(c1ccc(C(=O)OCC)cc1)C(O)CCC. The van der Waals surface area contributed by atoms with E-state index in [1.807, 2.05) is 13.8 Å². The summed E-state index contributed by atoms with van der Waals surface area (Å²) < 4.78 is 4.95. The van der Waals surface area contributed by atoms with Gasteiger partial charge in [-0.25, -0.2) is 4.79 Å². The van der Waals surface area contributed by atoms with Crippen molar-refractivity contribution in [1.82, 2.24) is 0 Å². The number of rotatable bonds is 9. The van der Waals surface area contributed by atoms with Crippen LogP contribution in [-0.2, 0) is 4.74 Å². The Morgan fingerprint density at radius 2 is 1.55 bits per heavy atom. The Hall–Kier alpha value is -1.59. The molecular formula is C17H27NO4. The number of nitrogens with zero attached hydrogens (tertiary/aromatic N) is 1. The van der Waals surface area contributed by atoms with Gasteiger partial charge in [-0.2, -0.15) is 0 Å². The molecule has 5 heteroatoms. The highest BCUT2D eigenvalue weighted by Crippen LogP contribution is 2.23. The quantitative estimate of drug-likeness (QED) is 0.542. The van der Waals surface area contributed by atoms with Crippen molar-refractivity contribution in [1.29, 1.82) is 0 Å². The lowest BCUT2D eigenvalue weighted by atomic mass is 10.1. The Bertz CT molecular complexity index is 434. The van der Waals surface area contributed by atoms with Crippen molar-refractivity contribution in [3.63, 3.8) is 0 Å². The van der Waals surface area contributed by atoms with Gasteiger partial charge in [-0.15, -0.1) is 0 Å². The van der Waals surface area contributed by atoms with Crippen molar-refractivity contribution in [2.75, 3.05) is 11.5 Å². The van der Waals surface area contributed by atoms with E-state index in [4.69, 9.17) is 4.74 Å². The molecule has 0 saturated carbocycles. The summed E-state index contributed by atoms with van der Waals surface area (Å²) in [4.78, 5) is 13.3. The van der Waals surface area contributed by atoms with Crippen LogP contribution in [0.15, 0.2) is 24.3 Å². The van der Waals surface area contributed by atoms with Crippen molar-refractivity contribution < 1.29 is 19.7 Å². The maximum absolute atomic E-state index is 11.7. The first-order valence-corrected chi connectivity index (χ1v) is 7.96. The summed E-state index contributed by atoms with van der Waals surface area (Å²) in [5, 5.41) is 20.6. The summed E-state index contributed by atoms with van der Waals surface area (Å²) in [6.07, 6.45) is 1.27. The number of carbonyl (C=O) groups excluding carboxylic acids is 1. The summed E-state index contributed by atoms with van der Waals surface area (Å²) >= 11 is 0. The van der Waals surface area contributed by atoms with Gasteiger partial charge in [0.15, 0.2) is 0 Å². The zero-order valence-corrected chi connectivity index (χ0v) is 13.7. The first kappa shape index (κ1) is 18.5. The summed E-state index contributed by atoms with van der Waals surface area (Å²) in [6, 6.07) is 6.75. The fourth-order valence-electron chi connectivity index (χ4n) is 2.32. The molecule has 0 aliphatic carbocycles. The Kier molecular flexibility index (Phi) is 7.91. The number of benzene rings is 1. The van der Waals surface area contributed by atoms with Crippen molar-refractivity contribution in [2.45, 2.75) is 58.9 Å². The minimum Gasteiger partial charge on any atom is -0.462 e. The lowest BCUT2D eigenvalue weighted by Crippen LogP contribution is -2.43. The zero-order valence-electron chi connectivity index (χ0n) is 13.7. The molecule has 0 spiro atoms. The second kappa shape index (κ2) is 9.43. The number of ether oxygens (including phenoxy) is 1. The average Bonchev–Trinajstić information content (AvgIpc) is 2.49. The van der Waals surface area contributed by atoms with Gasteiger partial charge in [-0.1, -0.05) is 26.7 Å². The third-order valence-corrected chi connectivity index (χ3v) is 3.41. The van der Waals surface area contributed by atoms with Crippen LogP contribution in [0.3, 0.4) is 0 Å². The molecule has 1 aromatic carbocycles. The average molecular weight is 309 g/mol. The van der Waals surface area contributed by atoms with Crippen LogP contribution in [0.4, 0.5) is 5.69 Å². The van der Waals surface area contributed by atoms with Gasteiger partial charge in [0.2, 0.25) is 0 Å². The molecule has 0 aliphatic heterocycles. The first-order chi connectivity index (χ1) is 10.5. The van der Waals surface area contributed by atoms with Gasteiger partial charge in [0.05, 0.1) is 12.2 Å². The second-order valence-corrected chi connectivity index (χ2v) is 5.21. The van der Waals surface area contributed by atoms with Gasteiger partial charge in [-0.3, -0.25) is 0 Å². The molecule has 22 heavy (non-hydrogen) atoms. The molecule has 0 bridgehead atoms. The van der Waals surface area contributed by atoms with E-state index < -0.39 is 12.5 Å². The number of carbonyl (C=O) groups is 1. The fraction of sp³-hybridized carbons (Fsp3) is 0.588. The Labute approximate surface area is 132 Å². The van der Waals surface area contributed by atoms with E-state index in [2.05, 4.69) is 0 Å². The molecule has 5 nitrogen and oxygen atoms in total. The minimum atomic E-state index is -0.750. The van der Waals surface area contributed by atoms with Crippen LogP contribution in [0.5, 0.6) is 0 Å². The van der Waals surface area contributed by atoms with E-state index in [-0.39, 0.29) is 5.97 Å². The molecular weight excluding hydrogens is 282 g/mol. The number of esters is 1. The minimum absolute atomic E-state index is 0.330. The van der Waals surface area contributed by atoms with Crippen LogP contribution >= 0.6 is 0 Å². The number of aliphatic hydroxyl groups excluding tert-OH is 2. The van der Waals surface area contributed by atoms with Gasteiger partial charge in [0, 0.05) is 5.69 Å². The number of hydrogen-bond acceptors (Lipinski definition) is 5. The second-order valence-electron chi connectivity index (χ2n) is 5.21. The highest BCUT2D eigenvalue weighted by Gasteiger charge is 2.22.